The van der Waals surface area contributed by atoms with Crippen LogP contribution in [0, 0.1) is 11.2 Å². The van der Waals surface area contributed by atoms with Gasteiger partial charge in [0.05, 0.1) is 23.0 Å². The number of hydrogen-bond donors (Lipinski definition) is 1. The number of nitrogens with one attached hydrogen (secondary N) is 1. The first kappa shape index (κ1) is 37.2. The third-order valence-corrected chi connectivity index (χ3v) is 10.1. The van der Waals surface area contributed by atoms with Gasteiger partial charge in [0.25, 0.3) is 18.3 Å². The molecule has 1 saturated heterocycles. The smallest absolute Gasteiger partial charge is 0.404 e. The molecule has 1 aliphatic heterocycles. The minimum absolute atomic E-state index is 0.0175. The van der Waals surface area contributed by atoms with Crippen LogP contribution in [0.3, 0.4) is 0 Å². The number of esters is 1. The molecule has 1 aromatic carbocycles. The number of nitrogens with zero attached hydrogens (tertiary/aromatic N) is 3. The predicted octanol–water partition coefficient (Wildman–Crippen LogP) is 6.38. The first-order valence-corrected chi connectivity index (χ1v) is 16.3. The van der Waals surface area contributed by atoms with Gasteiger partial charge in [0.15, 0.2) is 5.82 Å². The van der Waals surface area contributed by atoms with E-state index in [2.05, 4.69) is 10.1 Å². The number of likely N-dealkylation sites (tertiary alicyclic amines) is 1. The lowest BCUT2D eigenvalue weighted by molar-refractivity contribution is -0.151. The minimum Gasteiger partial charge on any atom is -0.469 e. The number of methoxy groups -OCH3 is 1. The highest BCUT2D eigenvalue weighted by Gasteiger charge is 2.41. The summed E-state index contributed by atoms with van der Waals surface area (Å²) < 4.78 is 148. The molecule has 10 nitrogen and oxygen atoms in total. The van der Waals surface area contributed by atoms with Gasteiger partial charge in [-0.2, -0.15) is 17.9 Å². The fourth-order valence-electron chi connectivity index (χ4n) is 4.78. The van der Waals surface area contributed by atoms with E-state index < -0.39 is 110 Å². The second-order valence-corrected chi connectivity index (χ2v) is 14.3. The van der Waals surface area contributed by atoms with Gasteiger partial charge in [-0.25, -0.2) is 35.4 Å². The summed E-state index contributed by atoms with van der Waals surface area (Å²) in [4.78, 5) is 29.0. The van der Waals surface area contributed by atoms with Crippen LogP contribution in [-0.2, 0) is 26.0 Å². The summed E-state index contributed by atoms with van der Waals surface area (Å²) in [5, 5.41) is 3.72. The molecule has 48 heavy (non-hydrogen) atoms. The van der Waals surface area contributed by atoms with Crippen LogP contribution in [0.1, 0.15) is 61.9 Å². The lowest BCUT2D eigenvalue weighted by atomic mass is 9.88. The first-order valence-electron chi connectivity index (χ1n) is 14.0. The van der Waals surface area contributed by atoms with E-state index in [0.29, 0.717) is 30.4 Å². The maximum Gasteiger partial charge on any atom is 0.404 e. The summed E-state index contributed by atoms with van der Waals surface area (Å²) in [5.41, 5.74) is -4.00. The molecule has 20 heteroatoms. The van der Waals surface area contributed by atoms with Crippen molar-refractivity contribution in [3.05, 3.63) is 41.0 Å². The molecule has 3 aromatic rings. The summed E-state index contributed by atoms with van der Waals surface area (Å²) >= 11 is 0.533. The normalized spacial score (nSPS) is 16.3. The zero-order valence-corrected chi connectivity index (χ0v) is 27.2. The minimum atomic E-state index is -5.33. The van der Waals surface area contributed by atoms with Crippen LogP contribution < -0.4 is 4.72 Å². The van der Waals surface area contributed by atoms with Gasteiger partial charge in [0.1, 0.15) is 33.1 Å². The number of aromatic nitrogens is 2. The maximum atomic E-state index is 15.6. The molecule has 1 aliphatic rings. The Morgan fingerprint density at radius 3 is 2.35 bits per heavy atom. The number of hydrogen-bond acceptors (Lipinski definition) is 9. The Labute approximate surface area is 272 Å². The van der Waals surface area contributed by atoms with Gasteiger partial charge in [-0.1, -0.05) is 11.2 Å². The Hall–Kier alpha value is -3.65. The molecule has 1 fully saturated rings. The molecule has 4 rings (SSSR count). The summed E-state index contributed by atoms with van der Waals surface area (Å²) in [5.74, 6) is -6.56. The van der Waals surface area contributed by atoms with Crippen molar-refractivity contribution in [1.29, 1.82) is 0 Å². The van der Waals surface area contributed by atoms with Crippen molar-refractivity contribution in [2.24, 2.45) is 5.41 Å². The molecular formula is C28H28F8N4O6S2. The van der Waals surface area contributed by atoms with Gasteiger partial charge in [-0.15, -0.1) is 11.3 Å². The van der Waals surface area contributed by atoms with Gasteiger partial charge in [-0.3, -0.25) is 9.59 Å². The fourth-order valence-corrected chi connectivity index (χ4v) is 7.15. The Bertz CT molecular complexity index is 1800. The van der Waals surface area contributed by atoms with E-state index in [1.165, 1.54) is 17.9 Å². The molecule has 1 amide bonds. The van der Waals surface area contributed by atoms with E-state index in [1.54, 1.807) is 13.8 Å². The number of carbonyl (C=O) groups is 2. The van der Waals surface area contributed by atoms with E-state index in [0.717, 1.165) is 4.90 Å². The molecular weight excluding hydrogens is 704 g/mol. The van der Waals surface area contributed by atoms with E-state index in [-0.39, 0.29) is 22.9 Å². The van der Waals surface area contributed by atoms with Crippen LogP contribution in [-0.4, -0.2) is 73.7 Å². The molecule has 1 atom stereocenters. The van der Waals surface area contributed by atoms with Gasteiger partial charge >= 0.3 is 12.1 Å². The quantitative estimate of drug-likeness (QED) is 0.188. The average molecular weight is 733 g/mol. The lowest BCUT2D eigenvalue weighted by Gasteiger charge is -2.31. The largest absolute Gasteiger partial charge is 0.469 e. The number of carbonyl (C=O) groups excluding carboxylic acids is 2. The number of ether oxygens (including phenoxy) is 1. The first-order chi connectivity index (χ1) is 22.1. The standard InChI is InChI=1S/C28H28F8N4O6S2/c1-13(28(34,35)36)39-48(43,44)17-6-5-15(18(19(17)29)22(30)31)21-20(24(41)40-9-7-27(32,33)8-10-40)37-23(47-21)16-11-14(46-38-16)12-26(2,3)25(42)45-4/h5-6,11,13,22,39H,7-10,12H2,1-4H3. The average Bonchev–Trinajstić information content (AvgIpc) is 3.62. The SMILES string of the molecule is COC(=O)C(C)(C)Cc1cc(-c2nc(C(=O)N3CCC(F)(F)CC3)c(-c3ccc(S(=O)(=O)NC(C)C(F)(F)F)c(F)c3C(F)F)s2)no1. The Morgan fingerprint density at radius 1 is 1.17 bits per heavy atom. The number of benzene rings is 1. The summed E-state index contributed by atoms with van der Waals surface area (Å²) in [6, 6.07) is -0.225. The van der Waals surface area contributed by atoms with Crippen LogP contribution in [0.4, 0.5) is 35.1 Å². The number of rotatable bonds is 10. The lowest BCUT2D eigenvalue weighted by Crippen LogP contribution is -2.43. The third kappa shape index (κ3) is 7.80. The molecule has 1 unspecified atom stereocenters. The monoisotopic (exact) mass is 732 g/mol. The van der Waals surface area contributed by atoms with E-state index >= 15 is 4.39 Å². The number of piperidine rings is 1. The van der Waals surface area contributed by atoms with Gasteiger partial charge in [-0.05, 0) is 26.8 Å². The molecule has 264 valence electrons. The summed E-state index contributed by atoms with van der Waals surface area (Å²) in [7, 11) is -4.15. The van der Waals surface area contributed by atoms with Crippen molar-refractivity contribution in [1.82, 2.24) is 19.8 Å². The van der Waals surface area contributed by atoms with Crippen molar-refractivity contribution in [3.63, 3.8) is 0 Å². The van der Waals surface area contributed by atoms with E-state index in [1.807, 2.05) is 0 Å². The number of sulfonamides is 1. The Morgan fingerprint density at radius 2 is 1.79 bits per heavy atom. The van der Waals surface area contributed by atoms with Crippen molar-refractivity contribution in [2.75, 3.05) is 20.2 Å². The molecule has 0 aliphatic carbocycles. The highest BCUT2D eigenvalue weighted by molar-refractivity contribution is 7.89. The van der Waals surface area contributed by atoms with Crippen molar-refractivity contribution >= 4 is 33.2 Å². The van der Waals surface area contributed by atoms with Crippen molar-refractivity contribution in [3.8, 4) is 21.1 Å². The zero-order valence-electron chi connectivity index (χ0n) is 25.6. The van der Waals surface area contributed by atoms with Crippen LogP contribution in [0.2, 0.25) is 0 Å². The maximum absolute atomic E-state index is 15.6. The Balaban J connectivity index is 1.84. The molecule has 0 bridgehead atoms. The zero-order chi connectivity index (χ0) is 36.0. The molecule has 3 heterocycles. The number of thiazole rings is 1. The summed E-state index contributed by atoms with van der Waals surface area (Å²) in [6.45, 7) is 2.67. The summed E-state index contributed by atoms with van der Waals surface area (Å²) in [6.07, 6.45) is -10.3. The predicted molar refractivity (Wildman–Crippen MR) is 153 cm³/mol. The van der Waals surface area contributed by atoms with Crippen LogP contribution >= 0.6 is 11.3 Å². The second-order valence-electron chi connectivity index (χ2n) is 11.6. The van der Waals surface area contributed by atoms with Crippen molar-refractivity contribution < 1.29 is 62.4 Å². The van der Waals surface area contributed by atoms with E-state index in [9.17, 15) is 48.7 Å². The van der Waals surface area contributed by atoms with Gasteiger partial charge in [0, 0.05) is 44.0 Å². The third-order valence-electron chi connectivity index (χ3n) is 7.46. The number of alkyl halides is 7. The van der Waals surface area contributed by atoms with Crippen LogP contribution in [0.5, 0.6) is 0 Å². The highest BCUT2D eigenvalue weighted by atomic mass is 32.2. The van der Waals surface area contributed by atoms with Crippen molar-refractivity contribution in [2.45, 2.75) is 69.5 Å². The topological polar surface area (TPSA) is 132 Å². The molecule has 1 N–H and O–H groups in total. The second kappa shape index (κ2) is 13.3. The number of halogens is 8. The van der Waals surface area contributed by atoms with E-state index in [4.69, 9.17) is 9.26 Å². The van der Waals surface area contributed by atoms with Crippen LogP contribution in [0.15, 0.2) is 27.6 Å². The van der Waals surface area contributed by atoms with Gasteiger partial charge < -0.3 is 14.2 Å². The highest BCUT2D eigenvalue weighted by Crippen LogP contribution is 2.43. The molecule has 0 radical (unpaired) electrons. The fraction of sp³-hybridized carbons (Fsp3) is 0.500. The Kier molecular flexibility index (Phi) is 10.3. The molecule has 2 aromatic heterocycles. The van der Waals surface area contributed by atoms with Gasteiger partial charge in [0.2, 0.25) is 10.0 Å². The molecule has 0 saturated carbocycles. The molecule has 0 spiro atoms. The van der Waals surface area contributed by atoms with Crippen LogP contribution in [0.25, 0.3) is 21.1 Å². The number of amides is 1.